The largest absolute Gasteiger partial charge is 0.334 e. The Kier molecular flexibility index (Phi) is 8.98. The summed E-state index contributed by atoms with van der Waals surface area (Å²) in [6.07, 6.45) is 7.35. The van der Waals surface area contributed by atoms with Gasteiger partial charge in [-0.05, 0) is 35.6 Å². The SMILES string of the molecule is C#CCN1CC(=O)N2[C@@H](CCSC)C(=O)N(Cc3ccccc3Cl)C[C@@H]2N1C(=O)NCc1ccccc1. The third-order valence-corrected chi connectivity index (χ3v) is 7.53. The molecule has 0 aromatic heterocycles. The molecule has 194 valence electrons. The van der Waals surface area contributed by atoms with Crippen molar-refractivity contribution in [1.82, 2.24) is 25.1 Å². The molecule has 0 saturated carbocycles. The van der Waals surface area contributed by atoms with E-state index in [1.54, 1.807) is 32.6 Å². The zero-order valence-electron chi connectivity index (χ0n) is 20.7. The molecule has 1 N–H and O–H groups in total. The summed E-state index contributed by atoms with van der Waals surface area (Å²) in [4.78, 5) is 43.9. The summed E-state index contributed by atoms with van der Waals surface area (Å²) >= 11 is 8.01. The molecular weight excluding hydrogens is 510 g/mol. The summed E-state index contributed by atoms with van der Waals surface area (Å²) in [6, 6.07) is 15.9. The second kappa shape index (κ2) is 12.4. The zero-order valence-corrected chi connectivity index (χ0v) is 22.3. The predicted octanol–water partition coefficient (Wildman–Crippen LogP) is 3.03. The number of urea groups is 1. The molecule has 4 rings (SSSR count). The Hall–Kier alpha value is -3.19. The molecule has 0 aliphatic carbocycles. The lowest BCUT2D eigenvalue weighted by Gasteiger charge is -2.55. The molecule has 37 heavy (non-hydrogen) atoms. The van der Waals surface area contributed by atoms with Crippen LogP contribution in [0.15, 0.2) is 54.6 Å². The normalized spacial score (nSPS) is 20.0. The Morgan fingerprint density at radius 2 is 1.89 bits per heavy atom. The van der Waals surface area contributed by atoms with Crippen molar-refractivity contribution >= 4 is 41.2 Å². The number of fused-ring (bicyclic) bond motifs is 1. The van der Waals surface area contributed by atoms with Crippen LogP contribution in [0.2, 0.25) is 5.02 Å². The van der Waals surface area contributed by atoms with Crippen LogP contribution in [0.3, 0.4) is 0 Å². The quantitative estimate of drug-likeness (QED) is 0.522. The lowest BCUT2D eigenvalue weighted by molar-refractivity contribution is -0.189. The maximum Gasteiger partial charge on any atom is 0.334 e. The van der Waals surface area contributed by atoms with Gasteiger partial charge in [-0.25, -0.2) is 9.80 Å². The Labute approximate surface area is 226 Å². The van der Waals surface area contributed by atoms with Gasteiger partial charge >= 0.3 is 6.03 Å². The van der Waals surface area contributed by atoms with Crippen LogP contribution in [-0.2, 0) is 22.7 Å². The average molecular weight is 540 g/mol. The van der Waals surface area contributed by atoms with Gasteiger partial charge in [0, 0.05) is 18.1 Å². The van der Waals surface area contributed by atoms with E-state index in [9.17, 15) is 14.4 Å². The lowest BCUT2D eigenvalue weighted by atomic mass is 10.0. The molecule has 2 atom stereocenters. The maximum absolute atomic E-state index is 13.7. The van der Waals surface area contributed by atoms with Gasteiger partial charge in [0.05, 0.1) is 19.6 Å². The number of hydrogen-bond acceptors (Lipinski definition) is 5. The Morgan fingerprint density at radius 3 is 2.59 bits per heavy atom. The van der Waals surface area contributed by atoms with E-state index in [2.05, 4.69) is 11.2 Å². The number of amides is 4. The summed E-state index contributed by atoms with van der Waals surface area (Å²) in [5, 5.41) is 6.62. The lowest BCUT2D eigenvalue weighted by Crippen LogP contribution is -2.76. The van der Waals surface area contributed by atoms with Crippen molar-refractivity contribution in [3.8, 4) is 12.3 Å². The minimum absolute atomic E-state index is 0.0764. The molecule has 0 unspecified atom stereocenters. The molecule has 0 spiro atoms. The van der Waals surface area contributed by atoms with Crippen molar-refractivity contribution in [2.75, 3.05) is 31.6 Å². The van der Waals surface area contributed by atoms with E-state index in [0.29, 0.717) is 23.7 Å². The van der Waals surface area contributed by atoms with E-state index >= 15 is 0 Å². The fourth-order valence-electron chi connectivity index (χ4n) is 4.77. The fourth-order valence-corrected chi connectivity index (χ4v) is 5.43. The topological polar surface area (TPSA) is 76.2 Å². The zero-order chi connectivity index (χ0) is 26.4. The Balaban J connectivity index is 1.66. The summed E-state index contributed by atoms with van der Waals surface area (Å²) in [7, 11) is 0. The average Bonchev–Trinajstić information content (AvgIpc) is 2.89. The molecule has 2 aromatic carbocycles. The van der Waals surface area contributed by atoms with Gasteiger partial charge in [0.2, 0.25) is 11.8 Å². The first-order valence-corrected chi connectivity index (χ1v) is 13.8. The number of carbonyl (C=O) groups is 3. The van der Waals surface area contributed by atoms with Crippen LogP contribution in [-0.4, -0.2) is 81.5 Å². The Morgan fingerprint density at radius 1 is 1.16 bits per heavy atom. The van der Waals surface area contributed by atoms with Gasteiger partial charge in [0.25, 0.3) is 0 Å². The molecule has 2 heterocycles. The van der Waals surface area contributed by atoms with E-state index in [4.69, 9.17) is 18.0 Å². The number of hydrogen-bond donors (Lipinski definition) is 1. The molecule has 8 nitrogen and oxygen atoms in total. The van der Waals surface area contributed by atoms with Crippen molar-refractivity contribution in [2.24, 2.45) is 0 Å². The predicted molar refractivity (Wildman–Crippen MR) is 145 cm³/mol. The third kappa shape index (κ3) is 6.04. The van der Waals surface area contributed by atoms with Crippen LogP contribution in [0.5, 0.6) is 0 Å². The molecule has 0 bridgehead atoms. The van der Waals surface area contributed by atoms with E-state index < -0.39 is 12.2 Å². The highest BCUT2D eigenvalue weighted by Gasteiger charge is 2.51. The van der Waals surface area contributed by atoms with E-state index in [1.165, 1.54) is 5.01 Å². The Bertz CT molecular complexity index is 1170. The molecule has 2 saturated heterocycles. The van der Waals surface area contributed by atoms with E-state index in [-0.39, 0.29) is 44.0 Å². The highest BCUT2D eigenvalue weighted by Crippen LogP contribution is 2.30. The first kappa shape index (κ1) is 26.9. The number of rotatable bonds is 8. The fraction of sp³-hybridized carbons (Fsp3) is 0.370. The number of hydrazine groups is 1. The smallest absolute Gasteiger partial charge is 0.333 e. The summed E-state index contributed by atoms with van der Waals surface area (Å²) in [6.45, 7) is 0.751. The van der Waals surface area contributed by atoms with Crippen LogP contribution in [0, 0.1) is 12.3 Å². The van der Waals surface area contributed by atoms with E-state index in [1.807, 2.05) is 54.8 Å². The summed E-state index contributed by atoms with van der Waals surface area (Å²) in [5.41, 5.74) is 1.75. The number of terminal acetylenes is 1. The minimum atomic E-state index is -0.697. The van der Waals surface area contributed by atoms with Crippen molar-refractivity contribution in [2.45, 2.75) is 31.7 Å². The van der Waals surface area contributed by atoms with Crippen molar-refractivity contribution in [3.63, 3.8) is 0 Å². The number of nitrogens with one attached hydrogen (secondary N) is 1. The number of piperazine rings is 1. The second-order valence-electron chi connectivity index (χ2n) is 8.90. The molecule has 0 radical (unpaired) electrons. The summed E-state index contributed by atoms with van der Waals surface area (Å²) < 4.78 is 0. The molecule has 2 aliphatic rings. The third-order valence-electron chi connectivity index (χ3n) is 6.51. The van der Waals surface area contributed by atoms with Gasteiger partial charge in [0.1, 0.15) is 12.2 Å². The number of halogens is 1. The first-order valence-electron chi connectivity index (χ1n) is 12.1. The number of carbonyl (C=O) groups excluding carboxylic acids is 3. The van der Waals surface area contributed by atoms with Crippen LogP contribution < -0.4 is 5.32 Å². The highest BCUT2D eigenvalue weighted by molar-refractivity contribution is 7.98. The molecule has 2 fully saturated rings. The van der Waals surface area contributed by atoms with Gasteiger partial charge in [-0.2, -0.15) is 16.8 Å². The number of benzene rings is 2. The minimum Gasteiger partial charge on any atom is -0.333 e. The number of thioether (sulfide) groups is 1. The highest BCUT2D eigenvalue weighted by atomic mass is 35.5. The number of nitrogens with zero attached hydrogens (tertiary/aromatic N) is 4. The van der Waals surface area contributed by atoms with Gasteiger partial charge < -0.3 is 15.1 Å². The van der Waals surface area contributed by atoms with Gasteiger partial charge in [-0.15, -0.1) is 6.42 Å². The van der Waals surface area contributed by atoms with Crippen molar-refractivity contribution < 1.29 is 14.4 Å². The van der Waals surface area contributed by atoms with Crippen molar-refractivity contribution in [1.29, 1.82) is 0 Å². The van der Waals surface area contributed by atoms with Crippen molar-refractivity contribution in [3.05, 3.63) is 70.7 Å². The van der Waals surface area contributed by atoms with Gasteiger partial charge in [0.15, 0.2) is 0 Å². The first-order chi connectivity index (χ1) is 17.9. The summed E-state index contributed by atoms with van der Waals surface area (Å²) in [5.74, 6) is 2.89. The molecule has 2 aromatic rings. The van der Waals surface area contributed by atoms with Crippen LogP contribution >= 0.6 is 23.4 Å². The molecule has 2 aliphatic heterocycles. The van der Waals surface area contributed by atoms with Gasteiger partial charge in [-0.1, -0.05) is 66.1 Å². The van der Waals surface area contributed by atoms with Crippen LogP contribution in [0.1, 0.15) is 17.5 Å². The van der Waals surface area contributed by atoms with Gasteiger partial charge in [-0.3, -0.25) is 9.59 Å². The maximum atomic E-state index is 13.7. The van der Waals surface area contributed by atoms with Crippen LogP contribution in [0.4, 0.5) is 4.79 Å². The monoisotopic (exact) mass is 539 g/mol. The van der Waals surface area contributed by atoms with Crippen LogP contribution in [0.25, 0.3) is 0 Å². The molecular formula is C27H30ClN5O3S. The standard InChI is InChI=1S/C27H30ClN5O3S/c1-3-14-31-19-25(34)32-23(13-15-37-2)26(35)30(17-21-11-7-8-12-22(21)28)18-24(32)33(31)27(36)29-16-20-9-5-4-6-10-20/h1,4-12,23-24H,13-19H2,2H3,(H,29,36)/t23-,24-/m0/s1. The van der Waals surface area contributed by atoms with E-state index in [0.717, 1.165) is 11.1 Å². The molecule has 4 amide bonds. The second-order valence-corrected chi connectivity index (χ2v) is 10.3. The molecule has 10 heteroatoms.